The smallest absolute Gasteiger partial charge is 0.257 e. The summed E-state index contributed by atoms with van der Waals surface area (Å²) in [5, 5.41) is 14.3. The van der Waals surface area contributed by atoms with E-state index in [0.717, 1.165) is 0 Å². The van der Waals surface area contributed by atoms with E-state index in [1.165, 1.54) is 5.48 Å². The van der Waals surface area contributed by atoms with Gasteiger partial charge in [0, 0.05) is 18.4 Å². The maximum atomic E-state index is 12.5. The molecule has 0 saturated carbocycles. The van der Waals surface area contributed by atoms with Crippen LogP contribution in [0, 0.1) is 5.41 Å². The molecule has 0 aromatic carbocycles. The van der Waals surface area contributed by atoms with Crippen LogP contribution in [0.1, 0.15) is 39.3 Å². The Labute approximate surface area is 130 Å². The van der Waals surface area contributed by atoms with Gasteiger partial charge in [-0.3, -0.25) is 25.1 Å². The molecule has 0 aliphatic rings. The Morgan fingerprint density at radius 2 is 1.86 bits per heavy atom. The summed E-state index contributed by atoms with van der Waals surface area (Å²) in [4.78, 5) is 27.6. The molecule has 122 valence electrons. The molecule has 0 spiro atoms. The fraction of sp³-hybridized carbons (Fsp3) is 0.533. The van der Waals surface area contributed by atoms with E-state index in [9.17, 15) is 9.59 Å². The summed E-state index contributed by atoms with van der Waals surface area (Å²) in [5.41, 5.74) is 2.14. The maximum absolute atomic E-state index is 12.5. The summed E-state index contributed by atoms with van der Waals surface area (Å²) in [5.74, 6) is -0.852. The number of carbonyl (C=O) groups is 2. The van der Waals surface area contributed by atoms with E-state index in [-0.39, 0.29) is 23.9 Å². The number of nitrogens with one attached hydrogen (secondary N) is 3. The quantitative estimate of drug-likeness (QED) is 0.459. The van der Waals surface area contributed by atoms with Crippen molar-refractivity contribution in [2.75, 3.05) is 6.54 Å². The minimum Gasteiger partial charge on any atom is -0.351 e. The second-order valence-corrected chi connectivity index (χ2v) is 6.23. The summed E-state index contributed by atoms with van der Waals surface area (Å²) >= 11 is 0. The van der Waals surface area contributed by atoms with Gasteiger partial charge in [-0.15, -0.1) is 0 Å². The van der Waals surface area contributed by atoms with Crippen molar-refractivity contribution in [3.8, 4) is 0 Å². The molecule has 1 rings (SSSR count). The standard InChI is InChI=1S/C15H24N4O3/c1-10(15(2,3)4)18-14(21)13(17-9-12(20)19-22)11-5-7-16-8-6-11/h5-8,10,13,17,22H,9H2,1-4H3,(H,18,21)(H,19,20). The number of pyridine rings is 1. The number of hydroxylamine groups is 1. The molecule has 0 bridgehead atoms. The zero-order valence-electron chi connectivity index (χ0n) is 13.4. The van der Waals surface area contributed by atoms with E-state index in [2.05, 4.69) is 15.6 Å². The van der Waals surface area contributed by atoms with Gasteiger partial charge in [0.2, 0.25) is 5.91 Å². The lowest BCUT2D eigenvalue weighted by Gasteiger charge is -2.30. The average molecular weight is 308 g/mol. The highest BCUT2D eigenvalue weighted by atomic mass is 16.5. The first-order chi connectivity index (χ1) is 10.3. The molecule has 0 fully saturated rings. The highest BCUT2D eigenvalue weighted by molar-refractivity contribution is 5.84. The van der Waals surface area contributed by atoms with Gasteiger partial charge in [0.1, 0.15) is 6.04 Å². The van der Waals surface area contributed by atoms with Crippen LogP contribution in [0.15, 0.2) is 24.5 Å². The van der Waals surface area contributed by atoms with Crippen molar-refractivity contribution in [1.29, 1.82) is 0 Å². The van der Waals surface area contributed by atoms with Crippen LogP contribution in [0.4, 0.5) is 0 Å². The Balaban J connectivity index is 2.85. The number of carbonyl (C=O) groups excluding carboxylic acids is 2. The number of hydrogen-bond donors (Lipinski definition) is 4. The van der Waals surface area contributed by atoms with Gasteiger partial charge >= 0.3 is 0 Å². The monoisotopic (exact) mass is 308 g/mol. The minimum absolute atomic E-state index is 0.0437. The number of nitrogens with zero attached hydrogens (tertiary/aromatic N) is 1. The lowest BCUT2D eigenvalue weighted by Crippen LogP contribution is -2.47. The van der Waals surface area contributed by atoms with Crippen molar-refractivity contribution in [3.63, 3.8) is 0 Å². The van der Waals surface area contributed by atoms with Crippen molar-refractivity contribution < 1.29 is 14.8 Å². The minimum atomic E-state index is -0.704. The fourth-order valence-electron chi connectivity index (χ4n) is 1.67. The first kappa shape index (κ1) is 18.1. The Bertz CT molecular complexity index is 499. The predicted octanol–water partition coefficient (Wildman–Crippen LogP) is 0.769. The van der Waals surface area contributed by atoms with E-state index in [1.54, 1.807) is 24.5 Å². The van der Waals surface area contributed by atoms with Crippen LogP contribution in [0.25, 0.3) is 0 Å². The highest BCUT2D eigenvalue weighted by Gasteiger charge is 2.27. The SMILES string of the molecule is CC(NC(=O)C(NCC(=O)NO)c1ccncc1)C(C)(C)C. The van der Waals surface area contributed by atoms with Crippen LogP contribution >= 0.6 is 0 Å². The lowest BCUT2D eigenvalue weighted by molar-refractivity contribution is -0.129. The Morgan fingerprint density at radius 1 is 1.27 bits per heavy atom. The molecule has 0 aliphatic heterocycles. The molecule has 7 heteroatoms. The summed E-state index contributed by atoms with van der Waals surface area (Å²) in [7, 11) is 0. The van der Waals surface area contributed by atoms with Gasteiger partial charge in [0.25, 0.3) is 5.91 Å². The Kier molecular flexibility index (Phi) is 6.45. The van der Waals surface area contributed by atoms with Crippen molar-refractivity contribution in [3.05, 3.63) is 30.1 Å². The number of hydrogen-bond acceptors (Lipinski definition) is 5. The zero-order chi connectivity index (χ0) is 16.8. The van der Waals surface area contributed by atoms with E-state index in [4.69, 9.17) is 5.21 Å². The summed E-state index contributed by atoms with van der Waals surface area (Å²) in [6.07, 6.45) is 3.16. The number of rotatable bonds is 6. The summed E-state index contributed by atoms with van der Waals surface area (Å²) in [6.45, 7) is 7.85. The van der Waals surface area contributed by atoms with Crippen LogP contribution in [0.3, 0.4) is 0 Å². The number of amides is 2. The molecule has 7 nitrogen and oxygen atoms in total. The molecule has 0 aliphatic carbocycles. The molecule has 0 radical (unpaired) electrons. The zero-order valence-corrected chi connectivity index (χ0v) is 13.4. The van der Waals surface area contributed by atoms with E-state index < -0.39 is 11.9 Å². The maximum Gasteiger partial charge on any atom is 0.257 e. The van der Waals surface area contributed by atoms with E-state index in [0.29, 0.717) is 5.56 Å². The van der Waals surface area contributed by atoms with Gasteiger partial charge in [0.15, 0.2) is 0 Å². The summed E-state index contributed by atoms with van der Waals surface area (Å²) < 4.78 is 0. The molecule has 2 unspecified atom stereocenters. The molecular formula is C15H24N4O3. The molecule has 0 saturated heterocycles. The normalized spacial score (nSPS) is 14.0. The van der Waals surface area contributed by atoms with Crippen molar-refractivity contribution in [1.82, 2.24) is 21.1 Å². The van der Waals surface area contributed by atoms with Crippen molar-refractivity contribution in [2.45, 2.75) is 39.8 Å². The largest absolute Gasteiger partial charge is 0.351 e. The molecule has 22 heavy (non-hydrogen) atoms. The lowest BCUT2D eigenvalue weighted by atomic mass is 9.88. The molecule has 4 N–H and O–H groups in total. The van der Waals surface area contributed by atoms with Gasteiger partial charge in [-0.2, -0.15) is 0 Å². The molecular weight excluding hydrogens is 284 g/mol. The Morgan fingerprint density at radius 3 is 2.36 bits per heavy atom. The predicted molar refractivity (Wildman–Crippen MR) is 82.0 cm³/mol. The first-order valence-electron chi connectivity index (χ1n) is 7.12. The highest BCUT2D eigenvalue weighted by Crippen LogP contribution is 2.20. The summed E-state index contributed by atoms with van der Waals surface area (Å²) in [6, 6.07) is 2.66. The molecule has 1 aromatic heterocycles. The van der Waals surface area contributed by atoms with E-state index in [1.807, 2.05) is 27.7 Å². The second kappa shape index (κ2) is 7.86. The van der Waals surface area contributed by atoms with Gasteiger partial charge in [0.05, 0.1) is 6.54 Å². The van der Waals surface area contributed by atoms with Crippen LogP contribution in [-0.4, -0.2) is 34.6 Å². The van der Waals surface area contributed by atoms with Gasteiger partial charge < -0.3 is 5.32 Å². The topological polar surface area (TPSA) is 103 Å². The third kappa shape index (κ3) is 5.42. The van der Waals surface area contributed by atoms with E-state index >= 15 is 0 Å². The van der Waals surface area contributed by atoms with Crippen LogP contribution in [0.2, 0.25) is 0 Å². The number of aromatic nitrogens is 1. The fourth-order valence-corrected chi connectivity index (χ4v) is 1.67. The van der Waals surface area contributed by atoms with Gasteiger partial charge in [-0.25, -0.2) is 5.48 Å². The third-order valence-corrected chi connectivity index (χ3v) is 3.55. The first-order valence-corrected chi connectivity index (χ1v) is 7.12. The molecule has 1 heterocycles. The second-order valence-electron chi connectivity index (χ2n) is 6.23. The molecule has 1 aromatic rings. The molecule has 2 atom stereocenters. The van der Waals surface area contributed by atoms with Crippen molar-refractivity contribution in [2.24, 2.45) is 5.41 Å². The van der Waals surface area contributed by atoms with Crippen LogP contribution < -0.4 is 16.1 Å². The van der Waals surface area contributed by atoms with Crippen LogP contribution in [-0.2, 0) is 9.59 Å². The third-order valence-electron chi connectivity index (χ3n) is 3.55. The average Bonchev–Trinajstić information content (AvgIpc) is 2.47. The Hall–Kier alpha value is -1.99. The van der Waals surface area contributed by atoms with Gasteiger partial charge in [-0.05, 0) is 30.0 Å². The van der Waals surface area contributed by atoms with Gasteiger partial charge in [-0.1, -0.05) is 20.8 Å². The van der Waals surface area contributed by atoms with Crippen LogP contribution in [0.5, 0.6) is 0 Å². The van der Waals surface area contributed by atoms with Crippen molar-refractivity contribution >= 4 is 11.8 Å². The molecule has 2 amide bonds.